The Morgan fingerprint density at radius 2 is 1.44 bits per heavy atom. The van der Waals surface area contributed by atoms with Crippen LogP contribution in [-0.4, -0.2) is 30.7 Å². The van der Waals surface area contributed by atoms with Crippen molar-refractivity contribution in [3.05, 3.63) is 120 Å². The maximum Gasteiger partial charge on any atom is 0.411 e. The fourth-order valence-electron chi connectivity index (χ4n) is 5.05. The van der Waals surface area contributed by atoms with Crippen LogP contribution in [0.25, 0.3) is 11.1 Å². The molecule has 0 saturated heterocycles. The summed E-state index contributed by atoms with van der Waals surface area (Å²) in [6, 6.07) is 32.9. The van der Waals surface area contributed by atoms with E-state index in [1.165, 1.54) is 22.3 Å². The highest BCUT2D eigenvalue weighted by molar-refractivity contribution is 5.86. The monoisotopic (exact) mass is 518 g/mol. The molecule has 0 fully saturated rings. The zero-order chi connectivity index (χ0) is 27.2. The van der Waals surface area contributed by atoms with Crippen molar-refractivity contribution >= 4 is 23.4 Å². The van der Waals surface area contributed by atoms with Crippen molar-refractivity contribution in [1.29, 1.82) is 0 Å². The minimum absolute atomic E-state index is 0.00128. The van der Waals surface area contributed by atoms with Crippen LogP contribution in [0.3, 0.4) is 0 Å². The van der Waals surface area contributed by atoms with Gasteiger partial charge < -0.3 is 15.2 Å². The first-order valence-corrected chi connectivity index (χ1v) is 13.3. The van der Waals surface area contributed by atoms with Crippen LogP contribution in [0.4, 0.5) is 16.2 Å². The third kappa shape index (κ3) is 6.36. The third-order valence-corrected chi connectivity index (χ3v) is 6.81. The molecule has 0 bridgehead atoms. The maximum atomic E-state index is 13.0. The second-order valence-electron chi connectivity index (χ2n) is 10.0. The molecular formula is C33H32N3O3-. The van der Waals surface area contributed by atoms with Gasteiger partial charge in [0.25, 0.3) is 0 Å². The second-order valence-corrected chi connectivity index (χ2v) is 10.0. The van der Waals surface area contributed by atoms with Crippen LogP contribution in [-0.2, 0) is 11.2 Å². The Kier molecular flexibility index (Phi) is 8.04. The fourth-order valence-corrected chi connectivity index (χ4v) is 5.05. The van der Waals surface area contributed by atoms with Crippen molar-refractivity contribution in [2.45, 2.75) is 38.3 Å². The minimum Gasteiger partial charge on any atom is -0.861 e. The molecule has 4 aromatic rings. The summed E-state index contributed by atoms with van der Waals surface area (Å²) < 4.78 is 5.63. The molecule has 5 rings (SSSR count). The molecule has 2 N–H and O–H groups in total. The highest BCUT2D eigenvalue weighted by Crippen LogP contribution is 2.44. The Morgan fingerprint density at radius 3 is 2.05 bits per heavy atom. The summed E-state index contributed by atoms with van der Waals surface area (Å²) in [4.78, 5) is 16.9. The summed E-state index contributed by atoms with van der Waals surface area (Å²) in [6.07, 6.45) is 0.0321. The molecule has 39 heavy (non-hydrogen) atoms. The molecule has 6 nitrogen and oxygen atoms in total. The maximum absolute atomic E-state index is 13.0. The standard InChI is InChI=1S/C33H33N3O3/c1-22(2)34-31(20-23-10-4-3-5-11-23)32(37)35-24-16-18-25(19-17-24)36-33(38)39-21-30-28-14-8-6-12-26(28)27-13-7-9-15-29(27)30/h3-19,22,30-31,34H,20-21H2,1-2H3,(H,35,37)(H,36,38)/p-1/t31-/m0/s1. The number of hydrogen-bond acceptors (Lipinski definition) is 5. The lowest BCUT2D eigenvalue weighted by Crippen LogP contribution is -2.47. The summed E-state index contributed by atoms with van der Waals surface area (Å²) in [6.45, 7) is 4.26. The summed E-state index contributed by atoms with van der Waals surface area (Å²) >= 11 is 0. The van der Waals surface area contributed by atoms with E-state index in [0.29, 0.717) is 17.8 Å². The van der Waals surface area contributed by atoms with E-state index in [-0.39, 0.29) is 24.5 Å². The van der Waals surface area contributed by atoms with E-state index >= 15 is 0 Å². The van der Waals surface area contributed by atoms with Gasteiger partial charge in [-0.2, -0.15) is 0 Å². The predicted octanol–water partition coefficient (Wildman–Crippen LogP) is 6.05. The first-order valence-electron chi connectivity index (χ1n) is 13.3. The average molecular weight is 519 g/mol. The summed E-state index contributed by atoms with van der Waals surface area (Å²) in [5.74, 6) is -0.233. The smallest absolute Gasteiger partial charge is 0.411 e. The fraction of sp³-hybridized carbons (Fsp3) is 0.212. The van der Waals surface area contributed by atoms with Gasteiger partial charge in [0.15, 0.2) is 0 Å². The van der Waals surface area contributed by atoms with Gasteiger partial charge in [-0.1, -0.05) is 92.7 Å². The number of rotatable bonds is 9. The zero-order valence-electron chi connectivity index (χ0n) is 22.1. The Balaban J connectivity index is 1.20. The van der Waals surface area contributed by atoms with E-state index in [2.05, 4.69) is 39.9 Å². The van der Waals surface area contributed by atoms with Crippen molar-refractivity contribution in [3.8, 4) is 11.1 Å². The normalized spacial score (nSPS) is 13.6. The molecule has 0 saturated carbocycles. The van der Waals surface area contributed by atoms with Crippen LogP contribution < -0.4 is 15.7 Å². The van der Waals surface area contributed by atoms with Crippen molar-refractivity contribution in [3.63, 3.8) is 0 Å². The molecule has 0 aliphatic heterocycles. The molecule has 1 atom stereocenters. The molecule has 1 amide bonds. The number of nitrogens with one attached hydrogen (secondary N) is 2. The van der Waals surface area contributed by atoms with Crippen molar-refractivity contribution in [1.82, 2.24) is 5.32 Å². The van der Waals surface area contributed by atoms with Crippen LogP contribution >= 0.6 is 0 Å². The molecule has 4 aromatic carbocycles. The number of carbonyl (C=O) groups is 1. The second kappa shape index (κ2) is 12.0. The molecule has 0 heterocycles. The molecular weight excluding hydrogens is 486 g/mol. The number of aliphatic imine (C=N–C) groups is 1. The van der Waals surface area contributed by atoms with Crippen LogP contribution in [0, 0.1) is 0 Å². The van der Waals surface area contributed by atoms with E-state index in [1.807, 2.05) is 68.4 Å². The van der Waals surface area contributed by atoms with Crippen LogP contribution in [0.2, 0.25) is 0 Å². The Morgan fingerprint density at radius 1 is 0.846 bits per heavy atom. The van der Waals surface area contributed by atoms with Crippen molar-refractivity contribution in [2.24, 2.45) is 4.99 Å². The topological polar surface area (TPSA) is 85.8 Å². The van der Waals surface area contributed by atoms with Crippen LogP contribution in [0.1, 0.15) is 36.5 Å². The number of anilines is 1. The van der Waals surface area contributed by atoms with Gasteiger partial charge in [-0.05, 0) is 64.4 Å². The quantitative estimate of drug-likeness (QED) is 0.209. The molecule has 1 aliphatic carbocycles. The van der Waals surface area contributed by atoms with Crippen LogP contribution in [0.15, 0.2) is 108 Å². The molecule has 0 spiro atoms. The van der Waals surface area contributed by atoms with Gasteiger partial charge in [-0.15, -0.1) is 0 Å². The number of hydrogen-bond donors (Lipinski definition) is 2. The first-order chi connectivity index (χ1) is 19.0. The average Bonchev–Trinajstić information content (AvgIpc) is 3.26. The third-order valence-electron chi connectivity index (χ3n) is 6.81. The SMILES string of the molecule is CC(C)N[C@@H](Cc1ccccc1)C([O-])=Nc1ccc(NC(=O)OCC2c3ccccc3-c3ccccc32)cc1. The van der Waals surface area contributed by atoms with E-state index in [9.17, 15) is 9.90 Å². The number of carbonyl (C=O) groups excluding carboxylic acids is 1. The van der Waals surface area contributed by atoms with Gasteiger partial charge in [0.1, 0.15) is 6.61 Å². The van der Waals surface area contributed by atoms with E-state index < -0.39 is 12.1 Å². The molecule has 0 radical (unpaired) electrons. The van der Waals surface area contributed by atoms with Gasteiger partial charge >= 0.3 is 6.09 Å². The number of nitrogens with zero attached hydrogens (tertiary/aromatic N) is 1. The number of ether oxygens (including phenoxy) is 1. The Bertz CT molecular complexity index is 1400. The van der Waals surface area contributed by atoms with Gasteiger partial charge in [-0.3, -0.25) is 10.3 Å². The van der Waals surface area contributed by atoms with Crippen LogP contribution in [0.5, 0.6) is 0 Å². The Labute approximate surface area is 229 Å². The lowest BCUT2D eigenvalue weighted by atomic mass is 9.98. The number of fused-ring (bicyclic) bond motifs is 3. The lowest BCUT2D eigenvalue weighted by molar-refractivity contribution is -0.221. The van der Waals surface area contributed by atoms with E-state index in [0.717, 1.165) is 5.56 Å². The number of benzene rings is 4. The summed E-state index contributed by atoms with van der Waals surface area (Å²) in [5.41, 5.74) is 6.87. The van der Waals surface area contributed by atoms with Gasteiger partial charge in [0, 0.05) is 23.7 Å². The lowest BCUT2D eigenvalue weighted by Gasteiger charge is -2.26. The zero-order valence-corrected chi connectivity index (χ0v) is 22.1. The Hall–Kier alpha value is -4.42. The minimum atomic E-state index is -0.526. The molecule has 6 heteroatoms. The van der Waals surface area contributed by atoms with E-state index in [4.69, 9.17) is 4.74 Å². The van der Waals surface area contributed by atoms with Crippen molar-refractivity contribution in [2.75, 3.05) is 11.9 Å². The molecule has 0 unspecified atom stereocenters. The summed E-state index contributed by atoms with van der Waals surface area (Å²) in [5, 5.41) is 19.1. The largest absolute Gasteiger partial charge is 0.861 e. The highest BCUT2D eigenvalue weighted by Gasteiger charge is 2.29. The molecule has 198 valence electrons. The highest BCUT2D eigenvalue weighted by atomic mass is 16.5. The first kappa shape index (κ1) is 26.2. The predicted molar refractivity (Wildman–Crippen MR) is 154 cm³/mol. The van der Waals surface area contributed by atoms with Gasteiger partial charge in [-0.25, -0.2) is 4.79 Å². The molecule has 0 aromatic heterocycles. The van der Waals surface area contributed by atoms with Gasteiger partial charge in [0.2, 0.25) is 0 Å². The van der Waals surface area contributed by atoms with E-state index in [1.54, 1.807) is 24.3 Å². The number of amides is 1. The van der Waals surface area contributed by atoms with Gasteiger partial charge in [0.05, 0.1) is 5.69 Å². The molecule has 1 aliphatic rings. The summed E-state index contributed by atoms with van der Waals surface area (Å²) in [7, 11) is 0. The van der Waals surface area contributed by atoms with Crippen molar-refractivity contribution < 1.29 is 14.6 Å².